The van der Waals surface area contributed by atoms with Crippen molar-refractivity contribution in [2.24, 2.45) is 0 Å². The molecule has 3 atom stereocenters. The molecule has 1 aliphatic carbocycles. The fourth-order valence-electron chi connectivity index (χ4n) is 5.47. The van der Waals surface area contributed by atoms with Crippen LogP contribution in [0.2, 0.25) is 0 Å². The van der Waals surface area contributed by atoms with Crippen LogP contribution in [0, 0.1) is 0 Å². The Hall–Kier alpha value is -3.31. The fourth-order valence-corrected chi connectivity index (χ4v) is 9.77. The first-order chi connectivity index (χ1) is 19.5. The van der Waals surface area contributed by atoms with Crippen molar-refractivity contribution < 1.29 is 13.2 Å². The van der Waals surface area contributed by atoms with Crippen molar-refractivity contribution in [2.75, 3.05) is 0 Å². The number of hydrogen-bond acceptors (Lipinski definition) is 3. The lowest BCUT2D eigenvalue weighted by Gasteiger charge is -2.39. The molecule has 1 fully saturated rings. The van der Waals surface area contributed by atoms with Gasteiger partial charge in [-0.3, -0.25) is 4.79 Å². The maximum absolute atomic E-state index is 13.9. The van der Waals surface area contributed by atoms with Crippen molar-refractivity contribution in [3.8, 4) is 0 Å². The smallest absolute Gasteiger partial charge is 0.241 e. The number of carbonyl (C=O) groups is 1. The van der Waals surface area contributed by atoms with Crippen LogP contribution in [-0.4, -0.2) is 32.1 Å². The summed E-state index contributed by atoms with van der Waals surface area (Å²) in [6.45, 7) is 0. The second-order valence-corrected chi connectivity index (χ2v) is 14.3. The van der Waals surface area contributed by atoms with Crippen molar-refractivity contribution in [1.82, 2.24) is 10.0 Å². The minimum absolute atomic E-state index is 0.0488. The van der Waals surface area contributed by atoms with Gasteiger partial charge in [0.25, 0.3) is 0 Å². The second kappa shape index (κ2) is 13.4. The SMILES string of the molecule is O=C(N[C@@H]1CCCC[C@H]1P(c1ccccc1)c1ccccc1)[C@H](Cc1ccccc1)NS(=O)(=O)c1ccccc1. The van der Waals surface area contributed by atoms with E-state index in [-0.39, 0.29) is 28.9 Å². The summed E-state index contributed by atoms with van der Waals surface area (Å²) in [5.41, 5.74) is 1.15. The van der Waals surface area contributed by atoms with Gasteiger partial charge in [-0.15, -0.1) is 0 Å². The van der Waals surface area contributed by atoms with Gasteiger partial charge in [-0.2, -0.15) is 4.72 Å². The van der Waals surface area contributed by atoms with Crippen molar-refractivity contribution in [1.29, 1.82) is 0 Å². The summed E-state index contributed by atoms with van der Waals surface area (Å²) in [6, 6.07) is 38.0. The first-order valence-electron chi connectivity index (χ1n) is 13.8. The lowest BCUT2D eigenvalue weighted by molar-refractivity contribution is -0.123. The highest BCUT2D eigenvalue weighted by atomic mass is 32.2. The molecular weight excluding hydrogens is 535 g/mol. The Morgan fingerprint density at radius 2 is 1.23 bits per heavy atom. The van der Waals surface area contributed by atoms with Crippen molar-refractivity contribution in [2.45, 2.75) is 54.7 Å². The van der Waals surface area contributed by atoms with E-state index in [0.29, 0.717) is 0 Å². The van der Waals surface area contributed by atoms with E-state index in [2.05, 4.69) is 58.6 Å². The molecule has 2 N–H and O–H groups in total. The molecule has 0 unspecified atom stereocenters. The molecule has 1 amide bonds. The molecular formula is C33H35N2O3PS. The minimum Gasteiger partial charge on any atom is -0.351 e. The summed E-state index contributed by atoms with van der Waals surface area (Å²) in [6.07, 6.45) is 4.30. The zero-order valence-electron chi connectivity index (χ0n) is 22.4. The lowest BCUT2D eigenvalue weighted by Crippen LogP contribution is -2.54. The Morgan fingerprint density at radius 1 is 0.725 bits per heavy atom. The highest BCUT2D eigenvalue weighted by molar-refractivity contribution is 7.89. The molecule has 0 aromatic heterocycles. The number of carbonyl (C=O) groups excluding carboxylic acids is 1. The standard InChI is InChI=1S/C33H35N2O3PS/c36-33(31(25-26-15-5-1-6-16-26)35-40(37,38)29-21-11-4-12-22-29)34-30-23-13-14-24-32(30)39(27-17-7-2-8-18-27)28-19-9-3-10-20-28/h1-12,15-22,30-32,35H,13-14,23-25H2,(H,34,36)/t30-,31+,32-/m1/s1. The van der Waals surface area contributed by atoms with E-state index in [9.17, 15) is 13.2 Å². The van der Waals surface area contributed by atoms with Crippen LogP contribution in [0.5, 0.6) is 0 Å². The molecule has 5 nitrogen and oxygen atoms in total. The highest BCUT2D eigenvalue weighted by Gasteiger charge is 2.36. The van der Waals surface area contributed by atoms with E-state index < -0.39 is 24.0 Å². The first-order valence-corrected chi connectivity index (χ1v) is 16.7. The van der Waals surface area contributed by atoms with Crippen LogP contribution in [0.1, 0.15) is 31.2 Å². The van der Waals surface area contributed by atoms with Crippen LogP contribution in [-0.2, 0) is 21.2 Å². The van der Waals surface area contributed by atoms with Gasteiger partial charge in [-0.1, -0.05) is 122 Å². The molecule has 1 saturated carbocycles. The molecule has 0 aliphatic heterocycles. The molecule has 40 heavy (non-hydrogen) atoms. The maximum atomic E-state index is 13.9. The largest absolute Gasteiger partial charge is 0.351 e. The van der Waals surface area contributed by atoms with Gasteiger partial charge in [0, 0.05) is 11.7 Å². The average molecular weight is 571 g/mol. The average Bonchev–Trinajstić information content (AvgIpc) is 3.00. The van der Waals surface area contributed by atoms with Crippen LogP contribution in [0.15, 0.2) is 126 Å². The molecule has 0 bridgehead atoms. The quantitative estimate of drug-likeness (QED) is 0.260. The third kappa shape index (κ3) is 7.06. The van der Waals surface area contributed by atoms with Crippen molar-refractivity contribution in [3.63, 3.8) is 0 Å². The van der Waals surface area contributed by atoms with Crippen molar-refractivity contribution in [3.05, 3.63) is 127 Å². The summed E-state index contributed by atoms with van der Waals surface area (Å²) in [4.78, 5) is 14.1. The molecule has 5 rings (SSSR count). The number of rotatable bonds is 10. The van der Waals surface area contributed by atoms with E-state index in [1.54, 1.807) is 30.3 Å². The van der Waals surface area contributed by atoms with Crippen molar-refractivity contribution >= 4 is 34.5 Å². The molecule has 4 aromatic rings. The van der Waals surface area contributed by atoms with E-state index in [1.807, 2.05) is 42.5 Å². The Balaban J connectivity index is 1.43. The Kier molecular flexibility index (Phi) is 9.43. The lowest BCUT2D eigenvalue weighted by atomic mass is 9.94. The van der Waals surface area contributed by atoms with Crippen LogP contribution in [0.25, 0.3) is 0 Å². The summed E-state index contributed by atoms with van der Waals surface area (Å²) in [7, 11) is -4.61. The Bertz CT molecular complexity index is 1430. The molecule has 7 heteroatoms. The van der Waals surface area contributed by atoms with Gasteiger partial charge in [0.1, 0.15) is 6.04 Å². The molecule has 1 aliphatic rings. The summed E-state index contributed by atoms with van der Waals surface area (Å²) in [5.74, 6) is -0.281. The number of hydrogen-bond donors (Lipinski definition) is 2. The minimum atomic E-state index is -3.89. The van der Waals surface area contributed by atoms with Crippen LogP contribution in [0.3, 0.4) is 0 Å². The van der Waals surface area contributed by atoms with E-state index in [0.717, 1.165) is 31.2 Å². The van der Waals surface area contributed by atoms with Gasteiger partial charge in [0.05, 0.1) is 4.90 Å². The molecule has 206 valence electrons. The van der Waals surface area contributed by atoms with Crippen LogP contribution >= 0.6 is 7.92 Å². The monoisotopic (exact) mass is 570 g/mol. The molecule has 0 heterocycles. The third-order valence-electron chi connectivity index (χ3n) is 7.41. The fraction of sp³-hybridized carbons (Fsp3) is 0.242. The number of nitrogens with one attached hydrogen (secondary N) is 2. The summed E-state index contributed by atoms with van der Waals surface area (Å²) < 4.78 is 29.3. The third-order valence-corrected chi connectivity index (χ3v) is 11.9. The van der Waals surface area contributed by atoms with Crippen LogP contribution < -0.4 is 20.6 Å². The van der Waals surface area contributed by atoms with E-state index in [4.69, 9.17) is 0 Å². The zero-order chi connectivity index (χ0) is 27.8. The zero-order valence-corrected chi connectivity index (χ0v) is 24.1. The van der Waals surface area contributed by atoms with Gasteiger partial charge < -0.3 is 5.32 Å². The summed E-state index contributed by atoms with van der Waals surface area (Å²) in [5, 5.41) is 5.92. The van der Waals surface area contributed by atoms with E-state index >= 15 is 0 Å². The second-order valence-electron chi connectivity index (χ2n) is 10.2. The van der Waals surface area contributed by atoms with E-state index in [1.165, 1.54) is 10.6 Å². The number of amides is 1. The topological polar surface area (TPSA) is 75.3 Å². The van der Waals surface area contributed by atoms with Crippen LogP contribution in [0.4, 0.5) is 0 Å². The summed E-state index contributed by atoms with van der Waals surface area (Å²) >= 11 is 0. The predicted molar refractivity (Wildman–Crippen MR) is 164 cm³/mol. The van der Waals surface area contributed by atoms with Gasteiger partial charge in [0.2, 0.25) is 15.9 Å². The Labute approximate surface area is 238 Å². The highest BCUT2D eigenvalue weighted by Crippen LogP contribution is 2.46. The Morgan fingerprint density at radius 3 is 1.80 bits per heavy atom. The predicted octanol–water partition coefficient (Wildman–Crippen LogP) is 5.14. The number of benzene rings is 4. The molecule has 0 saturated heterocycles. The molecule has 4 aromatic carbocycles. The van der Waals surface area contributed by atoms with Gasteiger partial charge in [-0.25, -0.2) is 8.42 Å². The number of sulfonamides is 1. The van der Waals surface area contributed by atoms with Gasteiger partial charge in [0.15, 0.2) is 0 Å². The normalized spacial score (nSPS) is 18.2. The first kappa shape index (κ1) is 28.2. The maximum Gasteiger partial charge on any atom is 0.241 e. The van der Waals surface area contributed by atoms with Gasteiger partial charge in [-0.05, 0) is 55.5 Å². The molecule has 0 spiro atoms. The molecule has 0 radical (unpaired) electrons. The van der Waals surface area contributed by atoms with Gasteiger partial charge >= 0.3 is 0 Å².